The van der Waals surface area contributed by atoms with Crippen LogP contribution < -0.4 is 10.5 Å². The molecule has 0 atom stereocenters. The van der Waals surface area contributed by atoms with E-state index in [9.17, 15) is 0 Å². The molecular weight excluding hydrogens is 234 g/mol. The Morgan fingerprint density at radius 3 is 2.88 bits per heavy atom. The molecule has 0 bridgehead atoms. The van der Waals surface area contributed by atoms with Crippen LogP contribution in [0, 0.1) is 0 Å². The summed E-state index contributed by atoms with van der Waals surface area (Å²) < 4.78 is 5.68. The van der Waals surface area contributed by atoms with Gasteiger partial charge in [0.25, 0.3) is 0 Å². The first-order valence-electron chi connectivity index (χ1n) is 5.56. The van der Waals surface area contributed by atoms with E-state index in [4.69, 9.17) is 22.1 Å². The average Bonchev–Trinajstić information content (AvgIpc) is 2.80. The zero-order valence-electron chi connectivity index (χ0n) is 9.24. The maximum atomic E-state index is 6.05. The summed E-state index contributed by atoms with van der Waals surface area (Å²) in [6, 6.07) is 11.9. The van der Waals surface area contributed by atoms with E-state index in [0.29, 0.717) is 10.7 Å². The number of rotatable bonds is 1. The van der Waals surface area contributed by atoms with Crippen molar-refractivity contribution in [1.82, 2.24) is 0 Å². The Morgan fingerprint density at radius 2 is 2.06 bits per heavy atom. The first kappa shape index (κ1) is 10.5. The maximum Gasteiger partial charge on any atom is 0.130 e. The van der Waals surface area contributed by atoms with Gasteiger partial charge in [-0.2, -0.15) is 0 Å². The first-order chi connectivity index (χ1) is 8.25. The van der Waals surface area contributed by atoms with Crippen LogP contribution in [0.4, 0.5) is 5.69 Å². The predicted octanol–water partition coefficient (Wildman–Crippen LogP) is 3.52. The lowest BCUT2D eigenvalue weighted by molar-refractivity contribution is 0.358. The van der Waals surface area contributed by atoms with Gasteiger partial charge in [0, 0.05) is 12.0 Å². The van der Waals surface area contributed by atoms with Gasteiger partial charge >= 0.3 is 0 Å². The van der Waals surface area contributed by atoms with Crippen LogP contribution in [0.3, 0.4) is 0 Å². The van der Waals surface area contributed by atoms with E-state index in [-0.39, 0.29) is 0 Å². The summed E-state index contributed by atoms with van der Waals surface area (Å²) in [4.78, 5) is 0. The van der Waals surface area contributed by atoms with Gasteiger partial charge in [-0.3, -0.25) is 0 Å². The molecule has 1 aliphatic rings. The Labute approximate surface area is 105 Å². The number of ether oxygens (including phenoxy) is 1. The van der Waals surface area contributed by atoms with E-state index in [1.165, 1.54) is 5.56 Å². The standard InChI is InChI=1S/C14H12ClNO/c15-12-8-10(4-5-13(12)16)11-3-1-2-9-6-7-17-14(9)11/h1-5,8H,6-7,16H2. The monoisotopic (exact) mass is 245 g/mol. The number of hydrogen-bond donors (Lipinski definition) is 1. The summed E-state index contributed by atoms with van der Waals surface area (Å²) in [7, 11) is 0. The van der Waals surface area contributed by atoms with Crippen molar-refractivity contribution in [2.24, 2.45) is 0 Å². The van der Waals surface area contributed by atoms with Crippen molar-refractivity contribution in [3.8, 4) is 16.9 Å². The molecule has 2 N–H and O–H groups in total. The highest BCUT2D eigenvalue weighted by atomic mass is 35.5. The molecule has 0 aliphatic carbocycles. The Morgan fingerprint density at radius 1 is 1.18 bits per heavy atom. The molecule has 1 heterocycles. The van der Waals surface area contributed by atoms with Gasteiger partial charge in [-0.1, -0.05) is 35.9 Å². The highest BCUT2D eigenvalue weighted by molar-refractivity contribution is 6.33. The van der Waals surface area contributed by atoms with Crippen molar-refractivity contribution in [2.75, 3.05) is 12.3 Å². The molecule has 17 heavy (non-hydrogen) atoms. The summed E-state index contributed by atoms with van der Waals surface area (Å²) in [6.07, 6.45) is 0.978. The summed E-state index contributed by atoms with van der Waals surface area (Å²) in [5.41, 5.74) is 9.71. The molecule has 3 heteroatoms. The van der Waals surface area contributed by atoms with Crippen molar-refractivity contribution < 1.29 is 4.74 Å². The zero-order chi connectivity index (χ0) is 11.8. The van der Waals surface area contributed by atoms with Crippen molar-refractivity contribution in [3.05, 3.63) is 47.0 Å². The second-order valence-corrected chi connectivity index (χ2v) is 4.54. The van der Waals surface area contributed by atoms with Crippen molar-refractivity contribution in [2.45, 2.75) is 6.42 Å². The smallest absolute Gasteiger partial charge is 0.130 e. The number of nitrogens with two attached hydrogens (primary N) is 1. The van der Waals surface area contributed by atoms with Crippen molar-refractivity contribution in [3.63, 3.8) is 0 Å². The number of para-hydroxylation sites is 1. The number of hydrogen-bond acceptors (Lipinski definition) is 2. The molecule has 0 saturated heterocycles. The molecule has 0 fully saturated rings. The molecule has 2 nitrogen and oxygen atoms in total. The molecule has 0 spiro atoms. The fourth-order valence-corrected chi connectivity index (χ4v) is 2.32. The molecule has 0 aromatic heterocycles. The molecule has 0 amide bonds. The normalized spacial score (nSPS) is 13.2. The molecule has 86 valence electrons. The SMILES string of the molecule is Nc1ccc(-c2cccc3c2OCC3)cc1Cl. The minimum Gasteiger partial charge on any atom is -0.492 e. The van der Waals surface area contributed by atoms with Crippen LogP contribution in [0.5, 0.6) is 5.75 Å². The van der Waals surface area contributed by atoms with E-state index in [1.807, 2.05) is 30.3 Å². The minimum atomic E-state index is 0.582. The van der Waals surface area contributed by atoms with Gasteiger partial charge in [-0.15, -0.1) is 0 Å². The number of fused-ring (bicyclic) bond motifs is 1. The van der Waals surface area contributed by atoms with Crippen LogP contribution in [0.15, 0.2) is 36.4 Å². The molecular formula is C14H12ClNO. The Bertz CT molecular complexity index is 580. The molecule has 0 radical (unpaired) electrons. The third-order valence-corrected chi connectivity index (χ3v) is 3.35. The maximum absolute atomic E-state index is 6.05. The minimum absolute atomic E-state index is 0.582. The quantitative estimate of drug-likeness (QED) is 0.781. The van der Waals surface area contributed by atoms with Crippen molar-refractivity contribution in [1.29, 1.82) is 0 Å². The zero-order valence-corrected chi connectivity index (χ0v) is 10.00. The van der Waals surface area contributed by atoms with Gasteiger partial charge in [0.15, 0.2) is 0 Å². The lowest BCUT2D eigenvalue weighted by Crippen LogP contribution is -1.90. The van der Waals surface area contributed by atoms with E-state index in [0.717, 1.165) is 29.9 Å². The Hall–Kier alpha value is -1.67. The summed E-state index contributed by atoms with van der Waals surface area (Å²) in [5.74, 6) is 0.980. The van der Waals surface area contributed by atoms with Gasteiger partial charge in [0.2, 0.25) is 0 Å². The lowest BCUT2D eigenvalue weighted by atomic mass is 10.0. The fraction of sp³-hybridized carbons (Fsp3) is 0.143. The third kappa shape index (κ3) is 1.75. The third-order valence-electron chi connectivity index (χ3n) is 3.03. The highest BCUT2D eigenvalue weighted by Crippen LogP contribution is 2.38. The average molecular weight is 246 g/mol. The summed E-state index contributed by atoms with van der Waals surface area (Å²) >= 11 is 6.05. The first-order valence-corrected chi connectivity index (χ1v) is 5.93. The van der Waals surface area contributed by atoms with Crippen LogP contribution in [-0.4, -0.2) is 6.61 Å². The largest absolute Gasteiger partial charge is 0.492 e. The number of benzene rings is 2. The number of nitrogen functional groups attached to an aromatic ring is 1. The second-order valence-electron chi connectivity index (χ2n) is 4.13. The van der Waals surface area contributed by atoms with E-state index in [1.54, 1.807) is 0 Å². The van der Waals surface area contributed by atoms with Gasteiger partial charge in [-0.25, -0.2) is 0 Å². The second kappa shape index (κ2) is 3.97. The van der Waals surface area contributed by atoms with Gasteiger partial charge in [0.1, 0.15) is 5.75 Å². The van der Waals surface area contributed by atoms with Gasteiger partial charge in [-0.05, 0) is 23.3 Å². The van der Waals surface area contributed by atoms with Crippen LogP contribution in [0.1, 0.15) is 5.56 Å². The summed E-state index contributed by atoms with van der Waals surface area (Å²) in [6.45, 7) is 0.759. The topological polar surface area (TPSA) is 35.2 Å². The van der Waals surface area contributed by atoms with Crippen LogP contribution in [-0.2, 0) is 6.42 Å². The highest BCUT2D eigenvalue weighted by Gasteiger charge is 2.17. The van der Waals surface area contributed by atoms with Crippen LogP contribution in [0.25, 0.3) is 11.1 Å². The van der Waals surface area contributed by atoms with Crippen LogP contribution >= 0.6 is 11.6 Å². The Balaban J connectivity index is 2.15. The molecule has 2 aromatic rings. The number of halogens is 1. The van der Waals surface area contributed by atoms with Crippen molar-refractivity contribution >= 4 is 17.3 Å². The molecule has 3 rings (SSSR count). The van der Waals surface area contributed by atoms with E-state index >= 15 is 0 Å². The lowest BCUT2D eigenvalue weighted by Gasteiger charge is -2.09. The molecule has 0 unspecified atom stereocenters. The van der Waals surface area contributed by atoms with E-state index in [2.05, 4.69) is 6.07 Å². The molecule has 0 saturated carbocycles. The van der Waals surface area contributed by atoms with Gasteiger partial charge < -0.3 is 10.5 Å². The van der Waals surface area contributed by atoms with E-state index < -0.39 is 0 Å². The summed E-state index contributed by atoms with van der Waals surface area (Å²) in [5, 5.41) is 0.582. The molecule has 1 aliphatic heterocycles. The molecule has 2 aromatic carbocycles. The fourth-order valence-electron chi connectivity index (χ4n) is 2.14. The van der Waals surface area contributed by atoms with Crippen LogP contribution in [0.2, 0.25) is 5.02 Å². The predicted molar refractivity (Wildman–Crippen MR) is 70.5 cm³/mol. The Kier molecular flexibility index (Phi) is 2.45. The van der Waals surface area contributed by atoms with Gasteiger partial charge in [0.05, 0.1) is 17.3 Å². The number of anilines is 1.